The molecule has 0 aliphatic heterocycles. The van der Waals surface area contributed by atoms with Crippen molar-refractivity contribution in [3.63, 3.8) is 0 Å². The minimum absolute atomic E-state index is 0.131. The fraction of sp³-hybridized carbons (Fsp3) is 0.375. The monoisotopic (exact) mass is 347 g/mol. The molecular formula is C24H29NO. The molecule has 0 N–H and O–H groups in total. The zero-order valence-corrected chi connectivity index (χ0v) is 16.4. The number of ketones is 1. The molecule has 2 aromatic carbocycles. The SMILES string of the molecule is CCCN(CCC)c1ccc(C2=CC(=O)c3ccc(C)c(C)c3C2)cc1. The number of allylic oxidation sites excluding steroid dienone is 2. The van der Waals surface area contributed by atoms with E-state index in [0.29, 0.717) is 0 Å². The lowest BCUT2D eigenvalue weighted by Crippen LogP contribution is -2.24. The first-order valence-electron chi connectivity index (χ1n) is 9.74. The number of fused-ring (bicyclic) bond motifs is 1. The molecule has 2 aromatic rings. The molecule has 26 heavy (non-hydrogen) atoms. The first-order valence-corrected chi connectivity index (χ1v) is 9.74. The summed E-state index contributed by atoms with van der Waals surface area (Å²) < 4.78 is 0. The third-order valence-electron chi connectivity index (χ3n) is 5.40. The molecule has 0 fully saturated rings. The number of rotatable bonds is 6. The molecule has 2 nitrogen and oxygen atoms in total. The van der Waals surface area contributed by atoms with E-state index in [2.05, 4.69) is 62.9 Å². The van der Waals surface area contributed by atoms with Crippen LogP contribution in [0.3, 0.4) is 0 Å². The molecule has 0 spiro atoms. The fourth-order valence-electron chi connectivity index (χ4n) is 3.79. The second kappa shape index (κ2) is 7.90. The lowest BCUT2D eigenvalue weighted by molar-refractivity contribution is 0.104. The molecule has 0 amide bonds. The third-order valence-corrected chi connectivity index (χ3v) is 5.40. The Morgan fingerprint density at radius 2 is 1.58 bits per heavy atom. The fourth-order valence-corrected chi connectivity index (χ4v) is 3.79. The normalized spacial score (nSPS) is 13.4. The molecule has 2 heteroatoms. The van der Waals surface area contributed by atoms with Gasteiger partial charge < -0.3 is 4.90 Å². The molecule has 1 aliphatic rings. The van der Waals surface area contributed by atoms with Gasteiger partial charge in [-0.3, -0.25) is 4.79 Å². The van der Waals surface area contributed by atoms with E-state index in [9.17, 15) is 4.79 Å². The highest BCUT2D eigenvalue weighted by Gasteiger charge is 2.21. The number of carbonyl (C=O) groups excluding carboxylic acids is 1. The average molecular weight is 348 g/mol. The summed E-state index contributed by atoms with van der Waals surface area (Å²) in [5.41, 5.74) is 8.10. The molecule has 0 saturated heterocycles. The minimum atomic E-state index is 0.131. The number of hydrogen-bond donors (Lipinski definition) is 0. The van der Waals surface area contributed by atoms with E-state index in [1.54, 1.807) is 0 Å². The van der Waals surface area contributed by atoms with Gasteiger partial charge in [0.15, 0.2) is 5.78 Å². The van der Waals surface area contributed by atoms with Gasteiger partial charge in [-0.25, -0.2) is 0 Å². The van der Waals surface area contributed by atoms with E-state index >= 15 is 0 Å². The molecule has 0 radical (unpaired) electrons. The van der Waals surface area contributed by atoms with Crippen LogP contribution in [0.25, 0.3) is 5.57 Å². The van der Waals surface area contributed by atoms with Crippen molar-refractivity contribution in [3.8, 4) is 0 Å². The first-order chi connectivity index (χ1) is 12.5. The third kappa shape index (κ3) is 3.60. The van der Waals surface area contributed by atoms with Gasteiger partial charge >= 0.3 is 0 Å². The number of hydrogen-bond acceptors (Lipinski definition) is 2. The standard InChI is InChI=1S/C24H29NO/c1-5-13-25(14-6-2)21-10-8-19(9-11-21)20-15-23-18(4)17(3)7-12-22(23)24(26)16-20/h7-12,16H,5-6,13-15H2,1-4H3. The first kappa shape index (κ1) is 18.4. The van der Waals surface area contributed by atoms with Crippen LogP contribution in [0.4, 0.5) is 5.69 Å². The van der Waals surface area contributed by atoms with Crippen LogP contribution < -0.4 is 4.90 Å². The van der Waals surface area contributed by atoms with E-state index in [0.717, 1.165) is 49.1 Å². The molecule has 0 bridgehead atoms. The lowest BCUT2D eigenvalue weighted by Gasteiger charge is -2.24. The van der Waals surface area contributed by atoms with Crippen molar-refractivity contribution in [2.75, 3.05) is 18.0 Å². The topological polar surface area (TPSA) is 20.3 Å². The quantitative estimate of drug-likeness (QED) is 0.663. The highest BCUT2D eigenvalue weighted by Crippen LogP contribution is 2.31. The summed E-state index contributed by atoms with van der Waals surface area (Å²) in [5.74, 6) is 0.131. The smallest absolute Gasteiger partial charge is 0.186 e. The van der Waals surface area contributed by atoms with Gasteiger partial charge in [-0.15, -0.1) is 0 Å². The van der Waals surface area contributed by atoms with Crippen molar-refractivity contribution < 1.29 is 4.79 Å². The average Bonchev–Trinajstić information content (AvgIpc) is 2.65. The van der Waals surface area contributed by atoms with Crippen molar-refractivity contribution >= 4 is 17.0 Å². The van der Waals surface area contributed by atoms with Crippen molar-refractivity contribution in [1.29, 1.82) is 0 Å². The van der Waals surface area contributed by atoms with E-state index in [1.165, 1.54) is 22.4 Å². The van der Waals surface area contributed by atoms with Gasteiger partial charge in [-0.1, -0.05) is 38.1 Å². The molecule has 0 unspecified atom stereocenters. The molecule has 1 aliphatic carbocycles. The Balaban J connectivity index is 1.88. The zero-order chi connectivity index (χ0) is 18.7. The number of aryl methyl sites for hydroxylation is 1. The maximum atomic E-state index is 12.6. The van der Waals surface area contributed by atoms with Crippen molar-refractivity contribution in [3.05, 3.63) is 70.3 Å². The van der Waals surface area contributed by atoms with Crippen LogP contribution in [0.2, 0.25) is 0 Å². The summed E-state index contributed by atoms with van der Waals surface area (Å²) in [6.07, 6.45) is 4.96. The number of nitrogens with zero attached hydrogens (tertiary/aromatic N) is 1. The van der Waals surface area contributed by atoms with Gasteiger partial charge in [0, 0.05) is 24.3 Å². The van der Waals surface area contributed by atoms with Crippen LogP contribution >= 0.6 is 0 Å². The predicted octanol–water partition coefficient (Wildman–Crippen LogP) is 5.75. The Morgan fingerprint density at radius 1 is 0.923 bits per heavy atom. The van der Waals surface area contributed by atoms with E-state index in [4.69, 9.17) is 0 Å². The summed E-state index contributed by atoms with van der Waals surface area (Å²) in [6.45, 7) is 10.8. The zero-order valence-electron chi connectivity index (χ0n) is 16.4. The predicted molar refractivity (Wildman–Crippen MR) is 111 cm³/mol. The molecule has 136 valence electrons. The van der Waals surface area contributed by atoms with Gasteiger partial charge in [0.05, 0.1) is 0 Å². The van der Waals surface area contributed by atoms with Gasteiger partial charge in [0.1, 0.15) is 0 Å². The largest absolute Gasteiger partial charge is 0.372 e. The van der Waals surface area contributed by atoms with Crippen LogP contribution in [-0.4, -0.2) is 18.9 Å². The number of benzene rings is 2. The van der Waals surface area contributed by atoms with Crippen molar-refractivity contribution in [2.45, 2.75) is 47.0 Å². The van der Waals surface area contributed by atoms with Gasteiger partial charge in [-0.05, 0) is 79.1 Å². The van der Waals surface area contributed by atoms with Gasteiger partial charge in [-0.2, -0.15) is 0 Å². The van der Waals surface area contributed by atoms with E-state index < -0.39 is 0 Å². The lowest BCUT2D eigenvalue weighted by atomic mass is 9.84. The van der Waals surface area contributed by atoms with Crippen LogP contribution in [0.15, 0.2) is 42.5 Å². The Kier molecular flexibility index (Phi) is 5.61. The number of carbonyl (C=O) groups is 1. The number of anilines is 1. The van der Waals surface area contributed by atoms with Crippen molar-refractivity contribution in [1.82, 2.24) is 0 Å². The molecular weight excluding hydrogens is 318 g/mol. The summed E-state index contributed by atoms with van der Waals surface area (Å²) in [7, 11) is 0. The second-order valence-corrected chi connectivity index (χ2v) is 7.28. The molecule has 3 rings (SSSR count). The maximum Gasteiger partial charge on any atom is 0.186 e. The highest BCUT2D eigenvalue weighted by atomic mass is 16.1. The second-order valence-electron chi connectivity index (χ2n) is 7.28. The highest BCUT2D eigenvalue weighted by molar-refractivity contribution is 6.12. The van der Waals surface area contributed by atoms with Gasteiger partial charge in [0.25, 0.3) is 0 Å². The van der Waals surface area contributed by atoms with Gasteiger partial charge in [0.2, 0.25) is 0 Å². The molecule has 0 heterocycles. The summed E-state index contributed by atoms with van der Waals surface area (Å²) in [5, 5.41) is 0. The molecule has 0 saturated carbocycles. The Hall–Kier alpha value is -2.35. The Labute approximate surface area is 157 Å². The van der Waals surface area contributed by atoms with Crippen LogP contribution in [0.5, 0.6) is 0 Å². The summed E-state index contributed by atoms with van der Waals surface area (Å²) in [6, 6.07) is 12.8. The Bertz CT molecular complexity index is 824. The van der Waals surface area contributed by atoms with E-state index in [-0.39, 0.29) is 5.78 Å². The Morgan fingerprint density at radius 3 is 2.19 bits per heavy atom. The summed E-state index contributed by atoms with van der Waals surface area (Å²) in [4.78, 5) is 15.0. The molecule has 0 atom stereocenters. The summed E-state index contributed by atoms with van der Waals surface area (Å²) >= 11 is 0. The van der Waals surface area contributed by atoms with Crippen LogP contribution in [0.1, 0.15) is 59.3 Å². The van der Waals surface area contributed by atoms with Crippen LogP contribution in [-0.2, 0) is 6.42 Å². The van der Waals surface area contributed by atoms with Crippen LogP contribution in [0, 0.1) is 13.8 Å². The molecule has 0 aromatic heterocycles. The minimum Gasteiger partial charge on any atom is -0.372 e. The van der Waals surface area contributed by atoms with Crippen molar-refractivity contribution in [2.24, 2.45) is 0 Å². The van der Waals surface area contributed by atoms with E-state index in [1.807, 2.05) is 12.1 Å². The maximum absolute atomic E-state index is 12.6.